The second-order valence-electron chi connectivity index (χ2n) is 5.42. The van der Waals surface area contributed by atoms with Crippen molar-refractivity contribution < 1.29 is 9.47 Å². The van der Waals surface area contributed by atoms with Crippen LogP contribution in [0, 0.1) is 6.92 Å². The SMILES string of the molecule is COc1ccc(C)cc1COc1cccc2c1NCCC2. The van der Waals surface area contributed by atoms with Gasteiger partial charge in [-0.3, -0.25) is 0 Å². The number of para-hydroxylation sites is 1. The van der Waals surface area contributed by atoms with Crippen molar-refractivity contribution in [1.82, 2.24) is 0 Å². The standard InChI is InChI=1S/C18H21NO2/c1-13-8-9-16(20-2)15(11-13)12-21-17-7-3-5-14-6-4-10-19-18(14)17/h3,5,7-9,11,19H,4,6,10,12H2,1-2H3. The van der Waals surface area contributed by atoms with Crippen molar-refractivity contribution in [2.24, 2.45) is 0 Å². The van der Waals surface area contributed by atoms with E-state index in [2.05, 4.69) is 30.4 Å². The van der Waals surface area contributed by atoms with Gasteiger partial charge in [0.15, 0.2) is 0 Å². The number of rotatable bonds is 4. The van der Waals surface area contributed by atoms with Crippen LogP contribution in [0.4, 0.5) is 5.69 Å². The number of ether oxygens (including phenoxy) is 2. The Labute approximate surface area is 125 Å². The van der Waals surface area contributed by atoms with Crippen molar-refractivity contribution in [2.45, 2.75) is 26.4 Å². The highest BCUT2D eigenvalue weighted by Gasteiger charge is 2.14. The summed E-state index contributed by atoms with van der Waals surface area (Å²) < 4.78 is 11.5. The molecule has 0 saturated carbocycles. The van der Waals surface area contributed by atoms with Gasteiger partial charge in [-0.15, -0.1) is 0 Å². The molecule has 0 aliphatic carbocycles. The Balaban J connectivity index is 1.81. The van der Waals surface area contributed by atoms with E-state index in [4.69, 9.17) is 9.47 Å². The molecule has 0 spiro atoms. The van der Waals surface area contributed by atoms with Gasteiger partial charge >= 0.3 is 0 Å². The Kier molecular flexibility index (Phi) is 4.00. The van der Waals surface area contributed by atoms with Crippen molar-refractivity contribution >= 4 is 5.69 Å². The molecule has 0 saturated heterocycles. The summed E-state index contributed by atoms with van der Waals surface area (Å²) in [7, 11) is 1.69. The summed E-state index contributed by atoms with van der Waals surface area (Å²) in [6.07, 6.45) is 2.30. The van der Waals surface area contributed by atoms with Crippen LogP contribution < -0.4 is 14.8 Å². The van der Waals surface area contributed by atoms with Crippen LogP contribution in [0.2, 0.25) is 0 Å². The first-order valence-corrected chi connectivity index (χ1v) is 7.40. The van der Waals surface area contributed by atoms with Crippen molar-refractivity contribution in [3.63, 3.8) is 0 Å². The summed E-state index contributed by atoms with van der Waals surface area (Å²) >= 11 is 0. The predicted molar refractivity (Wildman–Crippen MR) is 85.3 cm³/mol. The smallest absolute Gasteiger partial charge is 0.143 e. The molecule has 110 valence electrons. The zero-order valence-electron chi connectivity index (χ0n) is 12.6. The average molecular weight is 283 g/mol. The Morgan fingerprint density at radius 2 is 2.05 bits per heavy atom. The van der Waals surface area contributed by atoms with Gasteiger partial charge in [0.25, 0.3) is 0 Å². The van der Waals surface area contributed by atoms with Crippen LogP contribution in [0.1, 0.15) is 23.1 Å². The van der Waals surface area contributed by atoms with Gasteiger partial charge in [0.2, 0.25) is 0 Å². The number of hydrogen-bond acceptors (Lipinski definition) is 3. The summed E-state index contributed by atoms with van der Waals surface area (Å²) in [5.74, 6) is 1.80. The number of hydrogen-bond donors (Lipinski definition) is 1. The molecular formula is C18H21NO2. The van der Waals surface area contributed by atoms with Gasteiger partial charge in [0, 0.05) is 12.1 Å². The molecule has 0 atom stereocenters. The van der Waals surface area contributed by atoms with Gasteiger partial charge in [-0.05, 0) is 43.5 Å². The average Bonchev–Trinajstić information content (AvgIpc) is 2.53. The summed E-state index contributed by atoms with van der Waals surface area (Å²) in [5, 5.41) is 3.45. The highest BCUT2D eigenvalue weighted by molar-refractivity contribution is 5.63. The zero-order valence-corrected chi connectivity index (χ0v) is 12.6. The molecule has 1 aliphatic rings. The lowest BCUT2D eigenvalue weighted by atomic mass is 10.0. The summed E-state index contributed by atoms with van der Waals surface area (Å²) in [4.78, 5) is 0. The molecule has 0 amide bonds. The van der Waals surface area contributed by atoms with E-state index in [0.717, 1.165) is 35.7 Å². The minimum atomic E-state index is 0.517. The molecule has 1 aliphatic heterocycles. The Hall–Kier alpha value is -2.16. The zero-order chi connectivity index (χ0) is 14.7. The lowest BCUT2D eigenvalue weighted by Crippen LogP contribution is -2.13. The molecule has 3 nitrogen and oxygen atoms in total. The van der Waals surface area contributed by atoms with Gasteiger partial charge in [-0.25, -0.2) is 0 Å². The molecule has 0 radical (unpaired) electrons. The second kappa shape index (κ2) is 6.08. The molecule has 1 heterocycles. The molecule has 0 unspecified atom stereocenters. The fraction of sp³-hybridized carbons (Fsp3) is 0.333. The van der Waals surface area contributed by atoms with Crippen molar-refractivity contribution in [2.75, 3.05) is 19.0 Å². The fourth-order valence-corrected chi connectivity index (χ4v) is 2.77. The molecular weight excluding hydrogens is 262 g/mol. The monoisotopic (exact) mass is 283 g/mol. The first-order valence-electron chi connectivity index (χ1n) is 7.40. The van der Waals surface area contributed by atoms with Gasteiger partial charge in [0.05, 0.1) is 12.8 Å². The van der Waals surface area contributed by atoms with Crippen LogP contribution in [0.15, 0.2) is 36.4 Å². The number of fused-ring (bicyclic) bond motifs is 1. The maximum absolute atomic E-state index is 6.05. The summed E-state index contributed by atoms with van der Waals surface area (Å²) in [6, 6.07) is 12.4. The van der Waals surface area contributed by atoms with Gasteiger partial charge < -0.3 is 14.8 Å². The fourth-order valence-electron chi connectivity index (χ4n) is 2.77. The molecule has 2 aromatic rings. The number of aryl methyl sites for hydroxylation is 2. The van der Waals surface area contributed by atoms with E-state index in [9.17, 15) is 0 Å². The third-order valence-corrected chi connectivity index (χ3v) is 3.86. The maximum Gasteiger partial charge on any atom is 0.143 e. The molecule has 3 heteroatoms. The molecule has 3 rings (SSSR count). The minimum absolute atomic E-state index is 0.517. The van der Waals surface area contributed by atoms with Crippen molar-refractivity contribution in [3.05, 3.63) is 53.1 Å². The molecule has 1 N–H and O–H groups in total. The van der Waals surface area contributed by atoms with Crippen LogP contribution in [-0.4, -0.2) is 13.7 Å². The first-order chi connectivity index (χ1) is 10.3. The topological polar surface area (TPSA) is 30.5 Å². The van der Waals surface area contributed by atoms with Crippen LogP contribution in [-0.2, 0) is 13.0 Å². The third kappa shape index (κ3) is 2.97. The summed E-state index contributed by atoms with van der Waals surface area (Å²) in [6.45, 7) is 3.61. The number of anilines is 1. The van der Waals surface area contributed by atoms with Crippen molar-refractivity contribution in [3.8, 4) is 11.5 Å². The van der Waals surface area contributed by atoms with Crippen molar-refractivity contribution in [1.29, 1.82) is 0 Å². The van der Waals surface area contributed by atoms with E-state index in [1.54, 1.807) is 7.11 Å². The Morgan fingerprint density at radius 3 is 2.90 bits per heavy atom. The lowest BCUT2D eigenvalue weighted by Gasteiger charge is -2.21. The van der Waals surface area contributed by atoms with Crippen LogP contribution in [0.25, 0.3) is 0 Å². The van der Waals surface area contributed by atoms with Crippen LogP contribution in [0.3, 0.4) is 0 Å². The highest BCUT2D eigenvalue weighted by atomic mass is 16.5. The quantitative estimate of drug-likeness (QED) is 0.922. The summed E-state index contributed by atoms with van der Waals surface area (Å²) in [5.41, 5.74) is 4.78. The van der Waals surface area contributed by atoms with Crippen LogP contribution >= 0.6 is 0 Å². The van der Waals surface area contributed by atoms with E-state index in [1.807, 2.05) is 18.2 Å². The van der Waals surface area contributed by atoms with Gasteiger partial charge in [-0.2, -0.15) is 0 Å². The number of benzene rings is 2. The van der Waals surface area contributed by atoms with E-state index < -0.39 is 0 Å². The predicted octanol–water partition coefficient (Wildman–Crippen LogP) is 3.94. The molecule has 0 fully saturated rings. The molecule has 0 bridgehead atoms. The Morgan fingerprint density at radius 1 is 1.14 bits per heavy atom. The normalized spacial score (nSPS) is 13.2. The van der Waals surface area contributed by atoms with Gasteiger partial charge in [0.1, 0.15) is 18.1 Å². The first kappa shape index (κ1) is 13.8. The van der Waals surface area contributed by atoms with Gasteiger partial charge in [-0.1, -0.05) is 23.8 Å². The molecule has 0 aromatic heterocycles. The second-order valence-corrected chi connectivity index (χ2v) is 5.42. The molecule has 21 heavy (non-hydrogen) atoms. The number of methoxy groups -OCH3 is 1. The number of nitrogens with one attached hydrogen (secondary N) is 1. The van der Waals surface area contributed by atoms with Crippen LogP contribution in [0.5, 0.6) is 11.5 Å². The third-order valence-electron chi connectivity index (χ3n) is 3.86. The molecule has 2 aromatic carbocycles. The van der Waals surface area contributed by atoms with E-state index in [1.165, 1.54) is 17.5 Å². The van der Waals surface area contributed by atoms with E-state index in [0.29, 0.717) is 6.61 Å². The lowest BCUT2D eigenvalue weighted by molar-refractivity contribution is 0.297. The largest absolute Gasteiger partial charge is 0.496 e. The Bertz CT molecular complexity index is 637. The minimum Gasteiger partial charge on any atom is -0.496 e. The van der Waals surface area contributed by atoms with E-state index >= 15 is 0 Å². The highest BCUT2D eigenvalue weighted by Crippen LogP contribution is 2.33. The maximum atomic E-state index is 6.05. The van der Waals surface area contributed by atoms with E-state index in [-0.39, 0.29) is 0 Å².